The summed E-state index contributed by atoms with van der Waals surface area (Å²) < 4.78 is 42.5. The number of anilines is 3. The smallest absolute Gasteiger partial charge is 0.404 e. The van der Waals surface area contributed by atoms with Crippen LogP contribution in [0.1, 0.15) is 12.0 Å². The van der Waals surface area contributed by atoms with Gasteiger partial charge in [-0.05, 0) is 36.2 Å². The Labute approximate surface area is 215 Å². The summed E-state index contributed by atoms with van der Waals surface area (Å²) in [5.74, 6) is -1.03. The van der Waals surface area contributed by atoms with Crippen LogP contribution >= 0.6 is 34.3 Å². The topological polar surface area (TPSA) is 105 Å². The van der Waals surface area contributed by atoms with Gasteiger partial charge in [-0.2, -0.15) is 4.98 Å². The molecule has 9 nitrogen and oxygen atoms in total. The van der Waals surface area contributed by atoms with Crippen LogP contribution in [-0.4, -0.2) is 51.6 Å². The summed E-state index contributed by atoms with van der Waals surface area (Å²) in [6.07, 6.45) is -2.48. The largest absolute Gasteiger partial charge is 0.573 e. The van der Waals surface area contributed by atoms with Gasteiger partial charge in [-0.1, -0.05) is 40.3 Å². The number of alkyl halides is 3. The number of benzene rings is 1. The Kier molecular flexibility index (Phi) is 6.81. The van der Waals surface area contributed by atoms with Crippen molar-refractivity contribution in [2.24, 2.45) is 0 Å². The number of hydrogen-bond acceptors (Lipinski definition) is 10. The molecule has 0 spiro atoms. The molecule has 0 bridgehead atoms. The van der Waals surface area contributed by atoms with Gasteiger partial charge in [0.05, 0.1) is 16.1 Å². The number of hydrogen-bond donors (Lipinski definition) is 2. The molecule has 1 atom stereocenters. The number of pyridine rings is 1. The lowest BCUT2D eigenvalue weighted by molar-refractivity contribution is -0.274. The minimum atomic E-state index is -4.89. The Hall–Kier alpha value is -3.23. The number of nitrogens with zero attached hydrogens (tertiary/aromatic N) is 5. The molecule has 0 radical (unpaired) electrons. The molecule has 5 rings (SSSR count). The maximum absolute atomic E-state index is 12.5. The fourth-order valence-corrected chi connectivity index (χ4v) is 5.51. The van der Waals surface area contributed by atoms with Crippen LogP contribution in [0.3, 0.4) is 0 Å². The zero-order chi connectivity index (χ0) is 25.3. The first-order chi connectivity index (χ1) is 17.2. The van der Waals surface area contributed by atoms with Crippen molar-refractivity contribution in [3.8, 4) is 5.75 Å². The van der Waals surface area contributed by atoms with Gasteiger partial charge in [-0.3, -0.25) is 4.79 Å². The summed E-state index contributed by atoms with van der Waals surface area (Å²) in [6.45, 7) is 1.57. The standard InChI is InChI=1S/C21H17ClF3N7O2S2/c22-13-4-3-11(8-14(13)34-21(23,24)25)9-16(33)28-19-31-30-18(36-19)27-12-5-7-32(10-12)20-29-17-15(35-20)2-1-6-26-17/h1-4,6,8,12H,5,7,9-10H2,(H,27,30)(H,28,31,33)/t12-/m1/s1. The van der Waals surface area contributed by atoms with Gasteiger partial charge in [0, 0.05) is 25.3 Å². The number of rotatable bonds is 7. The molecule has 36 heavy (non-hydrogen) atoms. The molecule has 0 unspecified atom stereocenters. The number of carbonyl (C=O) groups excluding carboxylic acids is 1. The molecule has 188 valence electrons. The van der Waals surface area contributed by atoms with Gasteiger partial charge in [0.25, 0.3) is 0 Å². The third-order valence-electron chi connectivity index (χ3n) is 5.20. The van der Waals surface area contributed by atoms with Gasteiger partial charge in [-0.25, -0.2) is 4.98 Å². The second kappa shape index (κ2) is 10.0. The summed E-state index contributed by atoms with van der Waals surface area (Å²) in [5.41, 5.74) is 1.04. The fraction of sp³-hybridized carbons (Fsp3) is 0.286. The normalized spacial score (nSPS) is 15.9. The number of thiazole rings is 1. The molecular weight excluding hydrogens is 539 g/mol. The molecule has 4 aromatic rings. The van der Waals surface area contributed by atoms with Crippen molar-refractivity contribution in [1.29, 1.82) is 0 Å². The quantitative estimate of drug-likeness (QED) is 0.329. The second-order valence-corrected chi connectivity index (χ2v) is 10.2. The maximum atomic E-state index is 12.5. The summed E-state index contributed by atoms with van der Waals surface area (Å²) >= 11 is 8.52. The molecule has 1 saturated heterocycles. The Balaban J connectivity index is 1.15. The van der Waals surface area contributed by atoms with Gasteiger partial charge in [0.1, 0.15) is 5.75 Å². The zero-order valence-corrected chi connectivity index (χ0v) is 20.6. The van der Waals surface area contributed by atoms with Crippen molar-refractivity contribution in [2.75, 3.05) is 28.6 Å². The van der Waals surface area contributed by atoms with Gasteiger partial charge in [0.2, 0.25) is 16.2 Å². The third kappa shape index (κ3) is 5.94. The first kappa shape index (κ1) is 24.5. The third-order valence-corrected chi connectivity index (χ3v) is 7.35. The van der Waals surface area contributed by atoms with E-state index < -0.39 is 18.0 Å². The number of fused-ring (bicyclic) bond motifs is 1. The SMILES string of the molecule is O=C(Cc1ccc(Cl)c(OC(F)(F)F)c1)Nc1nnc(N[C@@H]2CCN(c3nc4ncccc4s3)C2)s1. The molecular formula is C21H17ClF3N7O2S2. The second-order valence-electron chi connectivity index (χ2n) is 7.85. The lowest BCUT2D eigenvalue weighted by Crippen LogP contribution is -2.25. The van der Waals surface area contributed by atoms with Crippen molar-refractivity contribution >= 4 is 65.9 Å². The van der Waals surface area contributed by atoms with Crippen molar-refractivity contribution in [2.45, 2.75) is 25.2 Å². The van der Waals surface area contributed by atoms with Gasteiger partial charge < -0.3 is 20.3 Å². The molecule has 1 fully saturated rings. The van der Waals surface area contributed by atoms with E-state index in [-0.39, 0.29) is 22.6 Å². The van der Waals surface area contributed by atoms with Crippen LogP contribution in [0.15, 0.2) is 36.5 Å². The van der Waals surface area contributed by atoms with E-state index >= 15 is 0 Å². The highest BCUT2D eigenvalue weighted by Crippen LogP contribution is 2.32. The average molecular weight is 556 g/mol. The number of ether oxygens (including phenoxy) is 1. The number of carbonyl (C=O) groups is 1. The predicted molar refractivity (Wildman–Crippen MR) is 132 cm³/mol. The van der Waals surface area contributed by atoms with E-state index in [1.165, 1.54) is 23.5 Å². The van der Waals surface area contributed by atoms with Gasteiger partial charge in [0.15, 0.2) is 10.8 Å². The van der Waals surface area contributed by atoms with Gasteiger partial charge >= 0.3 is 6.36 Å². The molecule has 3 aromatic heterocycles. The maximum Gasteiger partial charge on any atom is 0.573 e. The Morgan fingerprint density at radius 1 is 1.22 bits per heavy atom. The minimum Gasteiger partial charge on any atom is -0.404 e. The molecule has 4 heterocycles. The summed E-state index contributed by atoms with van der Waals surface area (Å²) in [5, 5.41) is 15.5. The van der Waals surface area contributed by atoms with Crippen molar-refractivity contribution < 1.29 is 22.7 Å². The first-order valence-corrected chi connectivity index (χ1v) is 12.6. The van der Waals surface area contributed by atoms with E-state index in [1.54, 1.807) is 17.5 Å². The van der Waals surface area contributed by atoms with Crippen LogP contribution in [0.5, 0.6) is 5.75 Å². The molecule has 2 N–H and O–H groups in total. The molecule has 1 aliphatic heterocycles. The Morgan fingerprint density at radius 3 is 2.86 bits per heavy atom. The highest BCUT2D eigenvalue weighted by molar-refractivity contribution is 7.22. The van der Waals surface area contributed by atoms with Crippen molar-refractivity contribution in [1.82, 2.24) is 20.2 Å². The van der Waals surface area contributed by atoms with E-state index in [4.69, 9.17) is 11.6 Å². The fourth-order valence-electron chi connectivity index (χ4n) is 3.66. The van der Waals surface area contributed by atoms with Crippen LogP contribution in [0, 0.1) is 0 Å². The van der Waals surface area contributed by atoms with E-state index in [1.807, 2.05) is 12.1 Å². The molecule has 15 heteroatoms. The van der Waals surface area contributed by atoms with Crippen LogP contribution in [0.25, 0.3) is 10.3 Å². The average Bonchev–Trinajstić information content (AvgIpc) is 3.55. The molecule has 1 aromatic carbocycles. The Bertz CT molecular complexity index is 1360. The van der Waals surface area contributed by atoms with Crippen molar-refractivity contribution in [3.05, 3.63) is 47.1 Å². The predicted octanol–water partition coefficient (Wildman–Crippen LogP) is 4.97. The summed E-state index contributed by atoms with van der Waals surface area (Å²) in [6, 6.07) is 7.78. The summed E-state index contributed by atoms with van der Waals surface area (Å²) in [4.78, 5) is 23.5. The van der Waals surface area contributed by atoms with Crippen LogP contribution in [-0.2, 0) is 11.2 Å². The number of halogens is 4. The van der Waals surface area contributed by atoms with Crippen LogP contribution in [0.4, 0.5) is 28.6 Å². The molecule has 0 saturated carbocycles. The van der Waals surface area contributed by atoms with Crippen LogP contribution in [0.2, 0.25) is 5.02 Å². The zero-order valence-electron chi connectivity index (χ0n) is 18.3. The lowest BCUT2D eigenvalue weighted by Gasteiger charge is -2.14. The lowest BCUT2D eigenvalue weighted by atomic mass is 10.1. The highest BCUT2D eigenvalue weighted by Gasteiger charge is 2.32. The van der Waals surface area contributed by atoms with E-state index in [2.05, 4.69) is 40.4 Å². The highest BCUT2D eigenvalue weighted by atomic mass is 35.5. The van der Waals surface area contributed by atoms with Gasteiger partial charge in [-0.15, -0.1) is 23.4 Å². The first-order valence-electron chi connectivity index (χ1n) is 10.6. The molecule has 0 aliphatic carbocycles. The van der Waals surface area contributed by atoms with Crippen molar-refractivity contribution in [3.63, 3.8) is 0 Å². The Morgan fingerprint density at radius 2 is 2.06 bits per heavy atom. The van der Waals surface area contributed by atoms with E-state index in [0.717, 1.165) is 41.1 Å². The number of nitrogens with one attached hydrogen (secondary N) is 2. The van der Waals surface area contributed by atoms with E-state index in [9.17, 15) is 18.0 Å². The van der Waals surface area contributed by atoms with Crippen LogP contribution < -0.4 is 20.3 Å². The number of aromatic nitrogens is 4. The molecule has 1 aliphatic rings. The number of amides is 1. The monoisotopic (exact) mass is 555 g/mol. The van der Waals surface area contributed by atoms with E-state index in [0.29, 0.717) is 10.7 Å². The summed E-state index contributed by atoms with van der Waals surface area (Å²) in [7, 11) is 0. The molecule has 1 amide bonds. The minimum absolute atomic E-state index is 0.127.